The van der Waals surface area contributed by atoms with E-state index in [1.54, 1.807) is 0 Å². The number of carbonyl (C=O) groups excluding carboxylic acids is 1. The van der Waals surface area contributed by atoms with Crippen LogP contribution in [0.3, 0.4) is 0 Å². The summed E-state index contributed by atoms with van der Waals surface area (Å²) in [6.07, 6.45) is 5.04. The zero-order chi connectivity index (χ0) is 10.7. The highest BCUT2D eigenvalue weighted by atomic mass is 35.5. The maximum atomic E-state index is 11.8. The van der Waals surface area contributed by atoms with Crippen molar-refractivity contribution < 1.29 is 9.53 Å². The smallest absolute Gasteiger partial charge is 0.222 e. The minimum atomic E-state index is 0. The van der Waals surface area contributed by atoms with Gasteiger partial charge in [0.1, 0.15) is 0 Å². The van der Waals surface area contributed by atoms with Crippen molar-refractivity contribution in [2.45, 2.75) is 44.2 Å². The average Bonchev–Trinajstić information content (AvgIpc) is 2.84. The number of rotatable bonds is 3. The molecule has 2 aliphatic heterocycles. The van der Waals surface area contributed by atoms with Crippen LogP contribution >= 0.6 is 12.4 Å². The molecule has 2 N–H and O–H groups in total. The maximum absolute atomic E-state index is 11.8. The molecule has 2 atom stereocenters. The molecule has 1 amide bonds. The van der Waals surface area contributed by atoms with Crippen LogP contribution < -0.4 is 5.73 Å². The van der Waals surface area contributed by atoms with Crippen LogP contribution in [0.5, 0.6) is 0 Å². The molecule has 0 bridgehead atoms. The number of hydrogen-bond acceptors (Lipinski definition) is 3. The molecule has 0 aromatic heterocycles. The van der Waals surface area contributed by atoms with Gasteiger partial charge in [-0.3, -0.25) is 4.79 Å². The van der Waals surface area contributed by atoms with Crippen LogP contribution in [0.25, 0.3) is 0 Å². The van der Waals surface area contributed by atoms with E-state index < -0.39 is 0 Å². The van der Waals surface area contributed by atoms with Gasteiger partial charge >= 0.3 is 0 Å². The van der Waals surface area contributed by atoms with Gasteiger partial charge in [0, 0.05) is 32.2 Å². The van der Waals surface area contributed by atoms with Crippen LogP contribution in [-0.2, 0) is 9.53 Å². The van der Waals surface area contributed by atoms with Crippen LogP contribution in [0, 0.1) is 0 Å². The van der Waals surface area contributed by atoms with Crippen molar-refractivity contribution in [3.63, 3.8) is 0 Å². The lowest BCUT2D eigenvalue weighted by Gasteiger charge is -2.16. The van der Waals surface area contributed by atoms with Gasteiger partial charge < -0.3 is 15.4 Å². The molecule has 2 rings (SSSR count). The zero-order valence-corrected chi connectivity index (χ0v) is 10.4. The summed E-state index contributed by atoms with van der Waals surface area (Å²) in [4.78, 5) is 13.7. The zero-order valence-electron chi connectivity index (χ0n) is 9.56. The second-order valence-corrected chi connectivity index (χ2v) is 4.56. The Morgan fingerprint density at radius 2 is 2.25 bits per heavy atom. The van der Waals surface area contributed by atoms with Gasteiger partial charge in [-0.15, -0.1) is 12.4 Å². The van der Waals surface area contributed by atoms with Gasteiger partial charge in [0.2, 0.25) is 5.91 Å². The Morgan fingerprint density at radius 1 is 1.44 bits per heavy atom. The normalized spacial score (nSPS) is 29.2. The molecule has 2 aliphatic rings. The summed E-state index contributed by atoms with van der Waals surface area (Å²) in [7, 11) is 0. The third-order valence-electron chi connectivity index (χ3n) is 3.28. The molecule has 2 heterocycles. The van der Waals surface area contributed by atoms with E-state index >= 15 is 0 Å². The first-order chi connectivity index (χ1) is 7.25. The molecule has 2 saturated heterocycles. The Balaban J connectivity index is 0.00000128. The number of hydrogen-bond donors (Lipinski definition) is 1. The number of likely N-dealkylation sites (tertiary alicyclic amines) is 1. The number of nitrogens with two attached hydrogens (primary N) is 1. The first-order valence-electron chi connectivity index (χ1n) is 5.90. The minimum absolute atomic E-state index is 0. The highest BCUT2D eigenvalue weighted by Crippen LogP contribution is 2.18. The largest absolute Gasteiger partial charge is 0.378 e. The molecule has 16 heavy (non-hydrogen) atoms. The van der Waals surface area contributed by atoms with Gasteiger partial charge in [-0.1, -0.05) is 0 Å². The fraction of sp³-hybridized carbons (Fsp3) is 0.909. The van der Waals surface area contributed by atoms with Gasteiger partial charge in [-0.25, -0.2) is 0 Å². The second kappa shape index (κ2) is 6.42. The molecule has 0 spiro atoms. The molecule has 94 valence electrons. The van der Waals surface area contributed by atoms with Gasteiger partial charge in [0.05, 0.1) is 6.10 Å². The molecule has 2 fully saturated rings. The second-order valence-electron chi connectivity index (χ2n) is 4.56. The summed E-state index contributed by atoms with van der Waals surface area (Å²) >= 11 is 0. The van der Waals surface area contributed by atoms with Gasteiger partial charge in [-0.2, -0.15) is 0 Å². The predicted octanol–water partition coefficient (Wildman–Crippen LogP) is 0.927. The third-order valence-corrected chi connectivity index (χ3v) is 3.28. The van der Waals surface area contributed by atoms with Crippen molar-refractivity contribution in [3.05, 3.63) is 0 Å². The van der Waals surface area contributed by atoms with Gasteiger partial charge in [0.25, 0.3) is 0 Å². The quantitative estimate of drug-likeness (QED) is 0.808. The number of halogens is 1. The number of carbonyl (C=O) groups is 1. The Kier molecular flexibility index (Phi) is 5.52. The summed E-state index contributed by atoms with van der Waals surface area (Å²) in [5, 5.41) is 0. The van der Waals surface area contributed by atoms with E-state index in [0.717, 1.165) is 45.4 Å². The third kappa shape index (κ3) is 3.61. The maximum Gasteiger partial charge on any atom is 0.222 e. The fourth-order valence-electron chi connectivity index (χ4n) is 2.33. The van der Waals surface area contributed by atoms with Crippen LogP contribution in [0.15, 0.2) is 0 Å². The van der Waals surface area contributed by atoms with Crippen LogP contribution in [-0.4, -0.2) is 42.6 Å². The van der Waals surface area contributed by atoms with E-state index in [2.05, 4.69) is 0 Å². The van der Waals surface area contributed by atoms with Crippen LogP contribution in [0.4, 0.5) is 0 Å². The minimum Gasteiger partial charge on any atom is -0.378 e. The van der Waals surface area contributed by atoms with Crippen LogP contribution in [0.1, 0.15) is 32.1 Å². The Hall–Kier alpha value is -0.320. The van der Waals surface area contributed by atoms with Gasteiger partial charge in [-0.05, 0) is 25.7 Å². The first-order valence-corrected chi connectivity index (χ1v) is 5.90. The molecule has 0 aromatic rings. The highest BCUT2D eigenvalue weighted by molar-refractivity contribution is 5.85. The Morgan fingerprint density at radius 3 is 2.81 bits per heavy atom. The summed E-state index contributed by atoms with van der Waals surface area (Å²) in [5.74, 6) is 0.249. The van der Waals surface area contributed by atoms with Crippen molar-refractivity contribution in [1.82, 2.24) is 4.90 Å². The van der Waals surface area contributed by atoms with Gasteiger partial charge in [0.15, 0.2) is 0 Å². The SMILES string of the molecule is Cl.N[C@H]1CCN(C(=O)CCC2CCCO2)C1. The van der Waals surface area contributed by atoms with E-state index in [0.29, 0.717) is 12.5 Å². The highest BCUT2D eigenvalue weighted by Gasteiger charge is 2.24. The summed E-state index contributed by atoms with van der Waals surface area (Å²) < 4.78 is 5.49. The van der Waals surface area contributed by atoms with Crippen LogP contribution in [0.2, 0.25) is 0 Å². The molecule has 0 aromatic carbocycles. The lowest BCUT2D eigenvalue weighted by atomic mass is 10.1. The standard InChI is InChI=1S/C11H20N2O2.ClH/c12-9-5-6-13(8-9)11(14)4-3-10-2-1-7-15-10;/h9-10H,1-8,12H2;1H/t9-,10?;/m0./s1. The first kappa shape index (κ1) is 13.7. The lowest BCUT2D eigenvalue weighted by molar-refractivity contribution is -0.130. The van der Waals surface area contributed by atoms with E-state index in [1.165, 1.54) is 0 Å². The van der Waals surface area contributed by atoms with E-state index in [9.17, 15) is 4.79 Å². The average molecular weight is 249 g/mol. The number of amides is 1. The molecule has 4 nitrogen and oxygen atoms in total. The van der Waals surface area contributed by atoms with E-state index in [-0.39, 0.29) is 24.4 Å². The lowest BCUT2D eigenvalue weighted by Crippen LogP contribution is -2.32. The summed E-state index contributed by atoms with van der Waals surface area (Å²) in [6.45, 7) is 2.45. The molecule has 5 heteroatoms. The molecule has 0 radical (unpaired) electrons. The van der Waals surface area contributed by atoms with Crippen molar-refractivity contribution in [2.75, 3.05) is 19.7 Å². The van der Waals surface area contributed by atoms with Crippen molar-refractivity contribution >= 4 is 18.3 Å². The van der Waals surface area contributed by atoms with E-state index in [4.69, 9.17) is 10.5 Å². The predicted molar refractivity (Wildman–Crippen MR) is 64.6 cm³/mol. The Bertz CT molecular complexity index is 232. The van der Waals surface area contributed by atoms with E-state index in [1.807, 2.05) is 4.90 Å². The van der Waals surface area contributed by atoms with Crippen molar-refractivity contribution in [3.8, 4) is 0 Å². The summed E-state index contributed by atoms with van der Waals surface area (Å²) in [6, 6.07) is 0.191. The molecular formula is C11H21ClN2O2. The molecule has 0 aliphatic carbocycles. The number of nitrogens with zero attached hydrogens (tertiary/aromatic N) is 1. The Labute approximate surface area is 103 Å². The monoisotopic (exact) mass is 248 g/mol. The number of ether oxygens (including phenoxy) is 1. The topological polar surface area (TPSA) is 55.6 Å². The molecule has 0 saturated carbocycles. The van der Waals surface area contributed by atoms with Crippen molar-refractivity contribution in [1.29, 1.82) is 0 Å². The van der Waals surface area contributed by atoms with Crippen molar-refractivity contribution in [2.24, 2.45) is 5.73 Å². The fourth-order valence-corrected chi connectivity index (χ4v) is 2.33. The molecule has 1 unspecified atom stereocenters. The summed E-state index contributed by atoms with van der Waals surface area (Å²) in [5.41, 5.74) is 5.76. The molecular weight excluding hydrogens is 228 g/mol.